The molecule has 0 atom stereocenters. The lowest BCUT2D eigenvalue weighted by Gasteiger charge is -2.27. The van der Waals surface area contributed by atoms with Crippen LogP contribution in [0.25, 0.3) is 0 Å². The molecule has 6 nitrogen and oxygen atoms in total. The fourth-order valence-corrected chi connectivity index (χ4v) is 3.91. The van der Waals surface area contributed by atoms with Crippen LogP contribution in [-0.4, -0.2) is 30.6 Å². The summed E-state index contributed by atoms with van der Waals surface area (Å²) < 4.78 is 35.8. The van der Waals surface area contributed by atoms with Crippen LogP contribution >= 0.6 is 0 Å². The largest absolute Gasteiger partial charge is 0.460 e. The van der Waals surface area contributed by atoms with E-state index in [9.17, 15) is 8.42 Å². The molecule has 1 aromatic carbocycles. The SMILES string of the molecule is Cc1ccc(S(=O)(=O)OC2CCC(Oc3ncc(C)cn3)CC2)cc1. The molecule has 134 valence electrons. The van der Waals surface area contributed by atoms with Crippen molar-refractivity contribution in [1.29, 1.82) is 0 Å². The second-order valence-corrected chi connectivity index (χ2v) is 8.00. The molecule has 0 saturated heterocycles. The van der Waals surface area contributed by atoms with E-state index in [0.717, 1.165) is 11.1 Å². The molecule has 0 spiro atoms. The van der Waals surface area contributed by atoms with Crippen LogP contribution in [0.5, 0.6) is 6.01 Å². The van der Waals surface area contributed by atoms with Gasteiger partial charge in [-0.1, -0.05) is 17.7 Å². The lowest BCUT2D eigenvalue weighted by Crippen LogP contribution is -2.30. The van der Waals surface area contributed by atoms with Gasteiger partial charge in [-0.25, -0.2) is 9.97 Å². The van der Waals surface area contributed by atoms with Crippen molar-refractivity contribution in [2.75, 3.05) is 0 Å². The minimum Gasteiger partial charge on any atom is -0.460 e. The predicted molar refractivity (Wildman–Crippen MR) is 92.9 cm³/mol. The van der Waals surface area contributed by atoms with Crippen LogP contribution < -0.4 is 4.74 Å². The first-order valence-electron chi connectivity index (χ1n) is 8.37. The van der Waals surface area contributed by atoms with E-state index >= 15 is 0 Å². The van der Waals surface area contributed by atoms with E-state index in [1.165, 1.54) is 0 Å². The Hall–Kier alpha value is -1.99. The molecular formula is C18H22N2O4S. The maximum atomic E-state index is 12.3. The van der Waals surface area contributed by atoms with Gasteiger partial charge in [-0.2, -0.15) is 8.42 Å². The molecule has 1 saturated carbocycles. The van der Waals surface area contributed by atoms with Gasteiger partial charge in [0, 0.05) is 12.4 Å². The molecule has 1 heterocycles. The smallest absolute Gasteiger partial charge is 0.316 e. The Kier molecular flexibility index (Phi) is 5.34. The first kappa shape index (κ1) is 17.8. The third-order valence-corrected chi connectivity index (χ3v) is 5.60. The van der Waals surface area contributed by atoms with Gasteiger partial charge in [-0.15, -0.1) is 0 Å². The Balaban J connectivity index is 1.53. The molecule has 3 rings (SSSR count). The number of nitrogens with zero attached hydrogens (tertiary/aromatic N) is 2. The molecule has 1 aromatic heterocycles. The number of benzene rings is 1. The van der Waals surface area contributed by atoms with Crippen molar-refractivity contribution in [1.82, 2.24) is 9.97 Å². The molecule has 1 aliphatic rings. The molecule has 0 N–H and O–H groups in total. The summed E-state index contributed by atoms with van der Waals surface area (Å²) in [5.41, 5.74) is 1.99. The van der Waals surface area contributed by atoms with Gasteiger partial charge in [0.05, 0.1) is 11.0 Å². The second-order valence-electron chi connectivity index (χ2n) is 6.42. The highest BCUT2D eigenvalue weighted by Crippen LogP contribution is 2.27. The van der Waals surface area contributed by atoms with Crippen LogP contribution in [-0.2, 0) is 14.3 Å². The average Bonchev–Trinajstić information content (AvgIpc) is 2.59. The van der Waals surface area contributed by atoms with Crippen LogP contribution in [0.15, 0.2) is 41.6 Å². The van der Waals surface area contributed by atoms with Crippen LogP contribution in [0.2, 0.25) is 0 Å². The first-order valence-corrected chi connectivity index (χ1v) is 9.78. The van der Waals surface area contributed by atoms with Crippen molar-refractivity contribution in [3.05, 3.63) is 47.8 Å². The summed E-state index contributed by atoms with van der Waals surface area (Å²) >= 11 is 0. The van der Waals surface area contributed by atoms with Gasteiger partial charge in [-0.05, 0) is 57.2 Å². The minimum atomic E-state index is -3.72. The average molecular weight is 362 g/mol. The van der Waals surface area contributed by atoms with Crippen molar-refractivity contribution in [3.63, 3.8) is 0 Å². The quantitative estimate of drug-likeness (QED) is 0.760. The summed E-state index contributed by atoms with van der Waals surface area (Å²) in [7, 11) is -3.72. The van der Waals surface area contributed by atoms with Crippen LogP contribution in [0.3, 0.4) is 0 Å². The normalized spacial score (nSPS) is 21.0. The molecule has 0 aliphatic heterocycles. The van der Waals surface area contributed by atoms with E-state index in [4.69, 9.17) is 8.92 Å². The maximum Gasteiger partial charge on any atom is 0.316 e. The predicted octanol–water partition coefficient (Wildman–Crippen LogP) is 3.19. The van der Waals surface area contributed by atoms with Gasteiger partial charge >= 0.3 is 6.01 Å². The highest BCUT2D eigenvalue weighted by Gasteiger charge is 2.28. The van der Waals surface area contributed by atoms with Crippen molar-refractivity contribution < 1.29 is 17.3 Å². The highest BCUT2D eigenvalue weighted by atomic mass is 32.2. The number of ether oxygens (including phenoxy) is 1. The Morgan fingerprint density at radius 1 is 0.880 bits per heavy atom. The van der Waals surface area contributed by atoms with Gasteiger partial charge in [0.1, 0.15) is 6.10 Å². The molecule has 25 heavy (non-hydrogen) atoms. The summed E-state index contributed by atoms with van der Waals surface area (Å²) in [4.78, 5) is 8.47. The van der Waals surface area contributed by atoms with Crippen LogP contribution in [0.4, 0.5) is 0 Å². The molecule has 0 radical (unpaired) electrons. The molecule has 1 fully saturated rings. The van der Waals surface area contributed by atoms with E-state index in [-0.39, 0.29) is 17.1 Å². The minimum absolute atomic E-state index is 0.00960. The summed E-state index contributed by atoms with van der Waals surface area (Å²) in [5.74, 6) is 0. The van der Waals surface area contributed by atoms with Crippen molar-refractivity contribution in [2.24, 2.45) is 0 Å². The van der Waals surface area contributed by atoms with Gasteiger partial charge in [-0.3, -0.25) is 4.18 Å². The fourth-order valence-electron chi connectivity index (χ4n) is 2.78. The van der Waals surface area contributed by atoms with E-state index < -0.39 is 10.1 Å². The Bertz CT molecular complexity index is 796. The van der Waals surface area contributed by atoms with E-state index in [2.05, 4.69) is 9.97 Å². The van der Waals surface area contributed by atoms with E-state index in [1.54, 1.807) is 36.7 Å². The fraction of sp³-hybridized carbons (Fsp3) is 0.444. The van der Waals surface area contributed by atoms with Crippen molar-refractivity contribution in [2.45, 2.75) is 56.6 Å². The third-order valence-electron chi connectivity index (χ3n) is 4.22. The highest BCUT2D eigenvalue weighted by molar-refractivity contribution is 7.86. The number of aryl methyl sites for hydroxylation is 2. The van der Waals surface area contributed by atoms with Crippen LogP contribution in [0.1, 0.15) is 36.8 Å². The molecule has 1 aliphatic carbocycles. The summed E-state index contributed by atoms with van der Waals surface area (Å²) in [6.07, 6.45) is 5.78. The summed E-state index contributed by atoms with van der Waals surface area (Å²) in [6, 6.07) is 7.05. The number of rotatable bonds is 5. The Morgan fingerprint density at radius 3 is 2.04 bits per heavy atom. The van der Waals surface area contributed by atoms with Gasteiger partial charge < -0.3 is 4.74 Å². The zero-order valence-electron chi connectivity index (χ0n) is 14.4. The third kappa shape index (κ3) is 4.76. The van der Waals surface area contributed by atoms with Crippen molar-refractivity contribution >= 4 is 10.1 Å². The molecule has 2 aromatic rings. The zero-order valence-corrected chi connectivity index (χ0v) is 15.2. The van der Waals surface area contributed by atoms with E-state index in [1.807, 2.05) is 13.8 Å². The Morgan fingerprint density at radius 2 is 1.44 bits per heavy atom. The molecule has 0 unspecified atom stereocenters. The van der Waals surface area contributed by atoms with E-state index in [0.29, 0.717) is 31.7 Å². The van der Waals surface area contributed by atoms with Crippen LogP contribution in [0, 0.1) is 13.8 Å². The first-order chi connectivity index (χ1) is 11.9. The molecule has 0 amide bonds. The molecule has 7 heteroatoms. The maximum absolute atomic E-state index is 12.3. The number of aromatic nitrogens is 2. The number of hydrogen-bond donors (Lipinski definition) is 0. The van der Waals surface area contributed by atoms with Gasteiger partial charge in [0.25, 0.3) is 10.1 Å². The molecule has 0 bridgehead atoms. The standard InChI is InChI=1S/C18H22N2O4S/c1-13-3-9-17(10-4-13)25(21,22)24-16-7-5-15(6-8-16)23-18-19-11-14(2)12-20-18/h3-4,9-12,15-16H,5-8H2,1-2H3. The topological polar surface area (TPSA) is 78.4 Å². The summed E-state index contributed by atoms with van der Waals surface area (Å²) in [6.45, 7) is 3.83. The lowest BCUT2D eigenvalue weighted by atomic mass is 9.95. The number of hydrogen-bond acceptors (Lipinski definition) is 6. The summed E-state index contributed by atoms with van der Waals surface area (Å²) in [5, 5.41) is 0. The second kappa shape index (κ2) is 7.49. The van der Waals surface area contributed by atoms with Gasteiger partial charge in [0.15, 0.2) is 0 Å². The zero-order chi connectivity index (χ0) is 17.9. The lowest BCUT2D eigenvalue weighted by molar-refractivity contribution is 0.0782. The monoisotopic (exact) mass is 362 g/mol. The van der Waals surface area contributed by atoms with Gasteiger partial charge in [0.2, 0.25) is 0 Å². The molecular weight excluding hydrogens is 340 g/mol. The van der Waals surface area contributed by atoms with Crippen molar-refractivity contribution in [3.8, 4) is 6.01 Å². The Labute approximate surface area is 148 Å².